The fourth-order valence-electron chi connectivity index (χ4n) is 5.17. The van der Waals surface area contributed by atoms with Crippen LogP contribution >= 0.6 is 0 Å². The lowest BCUT2D eigenvalue weighted by atomic mass is 9.88. The Bertz CT molecular complexity index is 664. The summed E-state index contributed by atoms with van der Waals surface area (Å²) in [5, 5.41) is 30.8. The van der Waals surface area contributed by atoms with Gasteiger partial charge < -0.3 is 38.6 Å². The van der Waals surface area contributed by atoms with Gasteiger partial charge in [0.05, 0.1) is 103 Å². The lowest BCUT2D eigenvalue weighted by molar-refractivity contribution is -0.100. The van der Waals surface area contributed by atoms with Gasteiger partial charge in [0.25, 0.3) is 0 Å². The molecule has 3 rings (SSSR count). The minimum Gasteiger partial charge on any atom is -0.389 e. The molecule has 2 N–H and O–H groups in total. The first kappa shape index (κ1) is 33.6. The molecule has 12 nitrogen and oxygen atoms in total. The summed E-state index contributed by atoms with van der Waals surface area (Å²) in [5.74, 6) is -0.236. The Kier molecular flexibility index (Phi) is 16.2. The number of β-amino-alcohol motifs (C(OH)–C–C–N with tert-alkyl or cyclic N) is 2. The molecule has 40 heavy (non-hydrogen) atoms. The molecule has 3 aliphatic heterocycles. The molecule has 0 amide bonds. The predicted octanol–water partition coefficient (Wildman–Crippen LogP) is -0.709. The van der Waals surface area contributed by atoms with Crippen LogP contribution in [-0.4, -0.2) is 175 Å². The average Bonchev–Trinajstić information content (AvgIpc) is 2.98. The topological polar surface area (TPSA) is 129 Å². The molecule has 0 bridgehead atoms. The number of ether oxygens (including phenoxy) is 6. The van der Waals surface area contributed by atoms with Crippen molar-refractivity contribution < 1.29 is 38.6 Å². The van der Waals surface area contributed by atoms with Crippen LogP contribution in [0.1, 0.15) is 13.3 Å². The molecule has 3 heterocycles. The van der Waals surface area contributed by atoms with E-state index in [0.29, 0.717) is 85.7 Å². The quantitative estimate of drug-likeness (QED) is 0.203. The molecule has 0 saturated carbocycles. The smallest absolute Gasteiger partial charge is 0.0900 e. The maximum atomic E-state index is 10.5. The van der Waals surface area contributed by atoms with Gasteiger partial charge in [0.1, 0.15) is 0 Å². The third kappa shape index (κ3) is 12.9. The Morgan fingerprint density at radius 3 is 1.43 bits per heavy atom. The number of hydrogen-bond donors (Lipinski definition) is 2. The van der Waals surface area contributed by atoms with Crippen LogP contribution in [0, 0.1) is 22.7 Å². The zero-order chi connectivity index (χ0) is 28.5. The number of nitrogens with zero attached hydrogens (tertiary/aromatic N) is 4. The van der Waals surface area contributed by atoms with E-state index < -0.39 is 17.6 Å². The summed E-state index contributed by atoms with van der Waals surface area (Å²) in [6.45, 7) is 14.7. The Morgan fingerprint density at radius 2 is 1.05 bits per heavy atom. The Hall–Kier alpha value is -0.950. The van der Waals surface area contributed by atoms with Gasteiger partial charge in [-0.1, -0.05) is 6.92 Å². The average molecular weight is 573 g/mol. The van der Waals surface area contributed by atoms with Gasteiger partial charge >= 0.3 is 0 Å². The van der Waals surface area contributed by atoms with Gasteiger partial charge in [-0.2, -0.15) is 5.26 Å². The Labute approximate surface area is 240 Å². The number of aliphatic hydroxyl groups excluding tert-OH is 2. The monoisotopic (exact) mass is 572 g/mol. The fraction of sp³-hybridized carbons (Fsp3) is 0.964. The van der Waals surface area contributed by atoms with Crippen molar-refractivity contribution >= 4 is 0 Å². The molecule has 0 aromatic rings. The fourth-order valence-corrected chi connectivity index (χ4v) is 5.17. The van der Waals surface area contributed by atoms with Crippen molar-refractivity contribution in [2.45, 2.75) is 25.6 Å². The van der Waals surface area contributed by atoms with Gasteiger partial charge in [0.2, 0.25) is 0 Å². The third-order valence-corrected chi connectivity index (χ3v) is 7.82. The largest absolute Gasteiger partial charge is 0.389 e. The van der Waals surface area contributed by atoms with Gasteiger partial charge in [0, 0.05) is 64.3 Å². The zero-order valence-corrected chi connectivity index (χ0v) is 24.4. The van der Waals surface area contributed by atoms with Crippen molar-refractivity contribution in [2.75, 3.05) is 138 Å². The van der Waals surface area contributed by atoms with Crippen LogP contribution in [0.5, 0.6) is 0 Å². The Balaban J connectivity index is 1.47. The normalized spacial score (nSPS) is 23.8. The summed E-state index contributed by atoms with van der Waals surface area (Å²) < 4.78 is 34.4. The van der Waals surface area contributed by atoms with Crippen LogP contribution in [0.25, 0.3) is 0 Å². The van der Waals surface area contributed by atoms with Crippen LogP contribution in [0.4, 0.5) is 0 Å². The van der Waals surface area contributed by atoms with E-state index >= 15 is 0 Å². The summed E-state index contributed by atoms with van der Waals surface area (Å²) in [6, 6.07) is 2.38. The van der Waals surface area contributed by atoms with Gasteiger partial charge in [-0.25, -0.2) is 0 Å². The van der Waals surface area contributed by atoms with Gasteiger partial charge in [-0.3, -0.25) is 14.7 Å². The molecule has 0 aromatic carbocycles. The van der Waals surface area contributed by atoms with Crippen LogP contribution < -0.4 is 0 Å². The van der Waals surface area contributed by atoms with E-state index in [4.69, 9.17) is 28.4 Å². The summed E-state index contributed by atoms with van der Waals surface area (Å²) in [6.07, 6.45) is -0.463. The highest BCUT2D eigenvalue weighted by molar-refractivity contribution is 4.87. The van der Waals surface area contributed by atoms with Crippen LogP contribution in [0.15, 0.2) is 0 Å². The highest BCUT2D eigenvalue weighted by atomic mass is 16.5. The molecule has 3 atom stereocenters. The van der Waals surface area contributed by atoms with E-state index in [2.05, 4.69) is 27.7 Å². The van der Waals surface area contributed by atoms with Crippen molar-refractivity contribution in [1.82, 2.24) is 14.7 Å². The first-order valence-electron chi connectivity index (χ1n) is 14.9. The summed E-state index contributed by atoms with van der Waals surface area (Å²) >= 11 is 0. The molecule has 0 spiro atoms. The highest BCUT2D eigenvalue weighted by Crippen LogP contribution is 2.25. The van der Waals surface area contributed by atoms with E-state index in [1.807, 2.05) is 0 Å². The molecule has 3 aliphatic rings. The number of aliphatic hydroxyl groups is 2. The van der Waals surface area contributed by atoms with Crippen molar-refractivity contribution in [3.8, 4) is 6.07 Å². The minimum absolute atomic E-state index is 0.219. The molecule has 12 heteroatoms. The number of nitriles is 1. The highest BCUT2D eigenvalue weighted by Gasteiger charge is 2.31. The molecule has 3 unspecified atom stereocenters. The first-order valence-corrected chi connectivity index (χ1v) is 14.9. The summed E-state index contributed by atoms with van der Waals surface area (Å²) in [5.41, 5.74) is -0.462. The first-order chi connectivity index (χ1) is 19.5. The zero-order valence-electron chi connectivity index (χ0n) is 24.4. The maximum absolute atomic E-state index is 10.5. The second kappa shape index (κ2) is 19.3. The lowest BCUT2D eigenvalue weighted by Gasteiger charge is -2.34. The molecule has 0 aromatic heterocycles. The van der Waals surface area contributed by atoms with Crippen LogP contribution in [0.3, 0.4) is 0 Å². The molecule has 0 aliphatic carbocycles. The number of morpholine rings is 3. The molecule has 232 valence electrons. The van der Waals surface area contributed by atoms with E-state index in [-0.39, 0.29) is 19.1 Å². The lowest BCUT2D eigenvalue weighted by Crippen LogP contribution is -2.44. The molecule has 3 saturated heterocycles. The summed E-state index contributed by atoms with van der Waals surface area (Å²) in [7, 11) is 0. The predicted molar refractivity (Wildman–Crippen MR) is 148 cm³/mol. The number of hydrogen-bond acceptors (Lipinski definition) is 12. The maximum Gasteiger partial charge on any atom is 0.0900 e. The van der Waals surface area contributed by atoms with Crippen molar-refractivity contribution in [3.63, 3.8) is 0 Å². The van der Waals surface area contributed by atoms with Gasteiger partial charge in [-0.05, 0) is 6.42 Å². The Morgan fingerprint density at radius 1 is 0.675 bits per heavy atom. The van der Waals surface area contributed by atoms with E-state index in [1.54, 1.807) is 0 Å². The van der Waals surface area contributed by atoms with Crippen molar-refractivity contribution in [1.29, 1.82) is 5.26 Å². The molecular formula is C28H52N4O8. The van der Waals surface area contributed by atoms with Crippen molar-refractivity contribution in [2.24, 2.45) is 11.3 Å². The SMILES string of the molecule is CCC(COCC(O)CN1CCOCC1)(COCC(O)CN1CCOCC1)COCC(C#N)CN1CCOCC1. The van der Waals surface area contributed by atoms with Gasteiger partial charge in [0.15, 0.2) is 0 Å². The summed E-state index contributed by atoms with van der Waals surface area (Å²) in [4.78, 5) is 6.61. The standard InChI is InChI=1S/C28H52N4O8/c1-2-28(23-39-20-26(33)17-31-5-11-36-12-6-31,24-40-21-27(34)18-32-7-13-37-14-8-32)22-38-19-25(15-29)16-30-3-9-35-10-4-30/h25-27,33-34H,2-14,16-24H2,1H3. The van der Waals surface area contributed by atoms with E-state index in [0.717, 1.165) is 45.7 Å². The van der Waals surface area contributed by atoms with E-state index in [1.165, 1.54) is 0 Å². The molecule has 0 radical (unpaired) electrons. The molecule has 3 fully saturated rings. The van der Waals surface area contributed by atoms with E-state index in [9.17, 15) is 15.5 Å². The van der Waals surface area contributed by atoms with Gasteiger partial charge in [-0.15, -0.1) is 0 Å². The second-order valence-electron chi connectivity index (χ2n) is 11.3. The van der Waals surface area contributed by atoms with Crippen LogP contribution in [0.2, 0.25) is 0 Å². The molecular weight excluding hydrogens is 520 g/mol. The van der Waals surface area contributed by atoms with Crippen molar-refractivity contribution in [3.05, 3.63) is 0 Å². The number of rotatable bonds is 19. The van der Waals surface area contributed by atoms with Crippen LogP contribution in [-0.2, 0) is 28.4 Å². The third-order valence-electron chi connectivity index (χ3n) is 7.82. The second-order valence-corrected chi connectivity index (χ2v) is 11.3. The minimum atomic E-state index is -0.596.